The number of aliphatic hydroxyl groups excluding tert-OH is 1. The summed E-state index contributed by atoms with van der Waals surface area (Å²) in [6.07, 6.45) is -0.134. The van der Waals surface area contributed by atoms with Crippen LogP contribution in [0.15, 0.2) is 42.5 Å². The van der Waals surface area contributed by atoms with Gasteiger partial charge in [-0.3, -0.25) is 4.79 Å². The Balaban J connectivity index is 2.10. The van der Waals surface area contributed by atoms with Crippen molar-refractivity contribution in [2.45, 2.75) is 45.8 Å². The Hall–Kier alpha value is -2.53. The minimum atomic E-state index is -0.679. The first-order chi connectivity index (χ1) is 11.7. The normalized spacial score (nSPS) is 12.5. The van der Waals surface area contributed by atoms with E-state index in [0.29, 0.717) is 23.4 Å². The number of aliphatic hydroxyl groups is 1. The van der Waals surface area contributed by atoms with Gasteiger partial charge >= 0.3 is 0 Å². The number of phenols is 1. The predicted molar refractivity (Wildman–Crippen MR) is 101 cm³/mol. The molecule has 0 spiro atoms. The molecule has 0 aliphatic rings. The van der Waals surface area contributed by atoms with Crippen LogP contribution in [-0.2, 0) is 5.41 Å². The van der Waals surface area contributed by atoms with Crippen LogP contribution < -0.4 is 10.6 Å². The summed E-state index contributed by atoms with van der Waals surface area (Å²) in [5, 5.41) is 25.2. The maximum Gasteiger partial charge on any atom is 0.255 e. The molecule has 0 aliphatic heterocycles. The quantitative estimate of drug-likeness (QED) is 0.487. The number of amides is 1. The molecule has 0 aliphatic carbocycles. The molecule has 2 aromatic carbocycles. The van der Waals surface area contributed by atoms with Crippen LogP contribution in [0.3, 0.4) is 0 Å². The van der Waals surface area contributed by atoms with E-state index in [9.17, 15) is 15.0 Å². The second kappa shape index (κ2) is 7.57. The van der Waals surface area contributed by atoms with E-state index in [1.165, 1.54) is 6.07 Å². The van der Waals surface area contributed by atoms with Gasteiger partial charge in [-0.2, -0.15) is 0 Å². The van der Waals surface area contributed by atoms with Crippen molar-refractivity contribution in [2.75, 3.05) is 10.6 Å². The number of hydrogen-bond acceptors (Lipinski definition) is 4. The van der Waals surface area contributed by atoms with Gasteiger partial charge in [-0.1, -0.05) is 39.8 Å². The number of aromatic hydroxyl groups is 1. The van der Waals surface area contributed by atoms with Crippen LogP contribution in [0, 0.1) is 0 Å². The minimum Gasteiger partial charge on any atom is -0.506 e. The van der Waals surface area contributed by atoms with E-state index in [2.05, 4.69) is 31.4 Å². The van der Waals surface area contributed by atoms with Crippen LogP contribution in [0.25, 0.3) is 0 Å². The number of carbonyl (C=O) groups excluding carboxylic acids is 1. The first-order valence-electron chi connectivity index (χ1n) is 8.40. The zero-order valence-electron chi connectivity index (χ0n) is 15.1. The lowest BCUT2D eigenvalue weighted by atomic mass is 9.87. The van der Waals surface area contributed by atoms with E-state index in [1.807, 2.05) is 19.1 Å². The van der Waals surface area contributed by atoms with Crippen molar-refractivity contribution < 1.29 is 15.0 Å². The third-order valence-corrected chi connectivity index (χ3v) is 3.98. The highest BCUT2D eigenvalue weighted by molar-refractivity contribution is 6.05. The van der Waals surface area contributed by atoms with E-state index >= 15 is 0 Å². The lowest BCUT2D eigenvalue weighted by Crippen LogP contribution is -2.17. The summed E-state index contributed by atoms with van der Waals surface area (Å²) in [6.45, 7) is 8.19. The van der Waals surface area contributed by atoms with Crippen molar-refractivity contribution in [3.05, 3.63) is 53.6 Å². The molecule has 1 atom stereocenters. The van der Waals surface area contributed by atoms with E-state index in [4.69, 9.17) is 0 Å². The molecule has 0 bridgehead atoms. The zero-order valence-corrected chi connectivity index (χ0v) is 15.1. The van der Waals surface area contributed by atoms with Crippen LogP contribution in [-0.4, -0.2) is 22.3 Å². The molecule has 0 radical (unpaired) electrons. The molecule has 5 heteroatoms. The first-order valence-corrected chi connectivity index (χ1v) is 8.40. The SMILES string of the molecule is CCC(O)Nc1ccc(NC(=O)c2ccc(C(C)(C)C)cc2)c(O)c1. The molecule has 1 unspecified atom stereocenters. The number of benzene rings is 2. The molecule has 0 fully saturated rings. The lowest BCUT2D eigenvalue weighted by Gasteiger charge is -2.19. The Labute approximate surface area is 148 Å². The van der Waals surface area contributed by atoms with E-state index in [0.717, 1.165) is 5.56 Å². The van der Waals surface area contributed by atoms with Crippen molar-refractivity contribution in [3.63, 3.8) is 0 Å². The van der Waals surface area contributed by atoms with Gasteiger partial charge in [0.1, 0.15) is 12.0 Å². The fourth-order valence-corrected chi connectivity index (χ4v) is 2.34. The van der Waals surface area contributed by atoms with Crippen molar-refractivity contribution in [1.82, 2.24) is 0 Å². The first kappa shape index (κ1) is 18.8. The molecule has 25 heavy (non-hydrogen) atoms. The number of carbonyl (C=O) groups is 1. The average molecular weight is 342 g/mol. The zero-order chi connectivity index (χ0) is 18.6. The van der Waals surface area contributed by atoms with E-state index in [1.54, 1.807) is 24.3 Å². The summed E-state index contributed by atoms with van der Waals surface area (Å²) in [5.41, 5.74) is 2.60. The molecule has 2 rings (SSSR count). The molecule has 0 saturated carbocycles. The fourth-order valence-electron chi connectivity index (χ4n) is 2.34. The van der Waals surface area contributed by atoms with Crippen molar-refractivity contribution >= 4 is 17.3 Å². The second-order valence-corrected chi connectivity index (χ2v) is 7.08. The van der Waals surface area contributed by atoms with Gasteiger partial charge in [0, 0.05) is 17.3 Å². The van der Waals surface area contributed by atoms with Crippen LogP contribution in [0.2, 0.25) is 0 Å². The Morgan fingerprint density at radius 1 is 1.12 bits per heavy atom. The third-order valence-electron chi connectivity index (χ3n) is 3.98. The summed E-state index contributed by atoms with van der Waals surface area (Å²) in [5.74, 6) is -0.349. The molecular weight excluding hydrogens is 316 g/mol. The van der Waals surface area contributed by atoms with Crippen LogP contribution >= 0.6 is 0 Å². The van der Waals surface area contributed by atoms with Gasteiger partial charge in [0.25, 0.3) is 5.91 Å². The molecule has 0 heterocycles. The van der Waals surface area contributed by atoms with Gasteiger partial charge in [0.15, 0.2) is 0 Å². The van der Waals surface area contributed by atoms with Gasteiger partial charge in [0.2, 0.25) is 0 Å². The van der Waals surface area contributed by atoms with Crippen molar-refractivity contribution in [2.24, 2.45) is 0 Å². The molecule has 134 valence electrons. The van der Waals surface area contributed by atoms with Crippen LogP contribution in [0.4, 0.5) is 11.4 Å². The van der Waals surface area contributed by atoms with Gasteiger partial charge in [-0.25, -0.2) is 0 Å². The summed E-state index contributed by atoms with van der Waals surface area (Å²) in [7, 11) is 0. The highest BCUT2D eigenvalue weighted by atomic mass is 16.3. The average Bonchev–Trinajstić information content (AvgIpc) is 2.56. The lowest BCUT2D eigenvalue weighted by molar-refractivity contribution is 0.102. The predicted octanol–water partition coefficient (Wildman–Crippen LogP) is 4.08. The third kappa shape index (κ3) is 4.97. The van der Waals surface area contributed by atoms with Gasteiger partial charge < -0.3 is 20.8 Å². The van der Waals surface area contributed by atoms with Gasteiger partial charge in [0.05, 0.1) is 5.69 Å². The molecular formula is C20H26N2O3. The monoisotopic (exact) mass is 342 g/mol. The molecule has 0 saturated heterocycles. The van der Waals surface area contributed by atoms with Gasteiger partial charge in [-0.05, 0) is 41.7 Å². The number of hydrogen-bond donors (Lipinski definition) is 4. The van der Waals surface area contributed by atoms with Gasteiger partial charge in [-0.15, -0.1) is 0 Å². The summed E-state index contributed by atoms with van der Waals surface area (Å²) in [4.78, 5) is 12.4. The van der Waals surface area contributed by atoms with E-state index < -0.39 is 6.23 Å². The van der Waals surface area contributed by atoms with Crippen LogP contribution in [0.1, 0.15) is 50.0 Å². The van der Waals surface area contributed by atoms with Crippen molar-refractivity contribution in [3.8, 4) is 5.75 Å². The Kier molecular flexibility index (Phi) is 5.69. The van der Waals surface area contributed by atoms with Crippen LogP contribution in [0.5, 0.6) is 5.75 Å². The molecule has 2 aromatic rings. The maximum absolute atomic E-state index is 12.4. The van der Waals surface area contributed by atoms with E-state index in [-0.39, 0.29) is 17.1 Å². The Morgan fingerprint density at radius 3 is 2.28 bits per heavy atom. The Morgan fingerprint density at radius 2 is 1.76 bits per heavy atom. The molecule has 4 N–H and O–H groups in total. The highest BCUT2D eigenvalue weighted by Gasteiger charge is 2.15. The largest absolute Gasteiger partial charge is 0.506 e. The topological polar surface area (TPSA) is 81.6 Å². The molecule has 1 amide bonds. The molecule has 0 aromatic heterocycles. The smallest absolute Gasteiger partial charge is 0.255 e. The van der Waals surface area contributed by atoms with Crippen molar-refractivity contribution in [1.29, 1.82) is 0 Å². The number of rotatable bonds is 5. The number of nitrogens with one attached hydrogen (secondary N) is 2. The standard InChI is InChI=1S/C20H26N2O3/c1-5-18(24)21-15-10-11-16(17(23)12-15)22-19(25)13-6-8-14(9-7-13)20(2,3)4/h6-12,18,21,23-24H,5H2,1-4H3,(H,22,25). The number of anilines is 2. The fraction of sp³-hybridized carbons (Fsp3) is 0.350. The number of phenolic OH excluding ortho intramolecular Hbond substituents is 1. The summed E-state index contributed by atoms with van der Waals surface area (Å²) >= 11 is 0. The minimum absolute atomic E-state index is 0.0269. The maximum atomic E-state index is 12.4. The Bertz CT molecular complexity index is 734. The summed E-state index contributed by atoms with van der Waals surface area (Å²) < 4.78 is 0. The summed E-state index contributed by atoms with van der Waals surface area (Å²) in [6, 6.07) is 12.2. The highest BCUT2D eigenvalue weighted by Crippen LogP contribution is 2.28. The molecule has 5 nitrogen and oxygen atoms in total. The second-order valence-electron chi connectivity index (χ2n) is 7.08.